The van der Waals surface area contributed by atoms with Gasteiger partial charge in [0.1, 0.15) is 5.75 Å². The molecule has 3 aromatic carbocycles. The second-order valence-electron chi connectivity index (χ2n) is 7.94. The van der Waals surface area contributed by atoms with Crippen molar-refractivity contribution in [2.24, 2.45) is 0 Å². The van der Waals surface area contributed by atoms with E-state index in [0.717, 1.165) is 17.4 Å². The van der Waals surface area contributed by atoms with Crippen LogP contribution in [0.15, 0.2) is 65.7 Å². The molecule has 4 aromatic rings. The number of aromatic nitrogens is 2. The molecule has 1 amide bonds. The Labute approximate surface area is 201 Å². The number of amides is 1. The number of hydrogen-bond donors (Lipinski definition) is 3. The van der Waals surface area contributed by atoms with Gasteiger partial charge in [0, 0.05) is 34.1 Å². The Morgan fingerprint density at radius 2 is 1.82 bits per heavy atom. The highest BCUT2D eigenvalue weighted by Crippen LogP contribution is 2.29. The second-order valence-corrected chi connectivity index (χ2v) is 10.3. The van der Waals surface area contributed by atoms with Gasteiger partial charge in [-0.3, -0.25) is 9.48 Å². The zero-order valence-electron chi connectivity index (χ0n) is 18.2. The van der Waals surface area contributed by atoms with E-state index in [2.05, 4.69) is 10.4 Å². The summed E-state index contributed by atoms with van der Waals surface area (Å²) in [7, 11) is -3.62. The number of nitrogens with one attached hydrogen (secondary N) is 1. The first-order valence-electron chi connectivity index (χ1n) is 10.3. The van der Waals surface area contributed by atoms with Crippen molar-refractivity contribution in [3.05, 3.63) is 82.5 Å². The van der Waals surface area contributed by atoms with Crippen molar-refractivity contribution in [3.63, 3.8) is 0 Å². The molecule has 0 fully saturated rings. The highest BCUT2D eigenvalue weighted by atomic mass is 35.5. The molecule has 176 valence electrons. The smallest absolute Gasteiger partial charge is 0.228 e. The Kier molecular flexibility index (Phi) is 6.60. The van der Waals surface area contributed by atoms with Crippen LogP contribution in [0, 0.1) is 0 Å². The summed E-state index contributed by atoms with van der Waals surface area (Å²) >= 11 is 6.08. The monoisotopic (exact) mass is 499 g/mol. The number of aliphatic hydroxyl groups is 1. The fourth-order valence-corrected chi connectivity index (χ4v) is 4.76. The topological polar surface area (TPSA) is 122 Å². The lowest BCUT2D eigenvalue weighted by atomic mass is 10.1. The molecule has 0 spiro atoms. The van der Waals surface area contributed by atoms with Crippen molar-refractivity contribution in [2.45, 2.75) is 24.5 Å². The average Bonchev–Trinajstić information content (AvgIpc) is 3.17. The van der Waals surface area contributed by atoms with Gasteiger partial charge in [0.25, 0.3) is 0 Å². The van der Waals surface area contributed by atoms with Crippen LogP contribution in [0.3, 0.4) is 0 Å². The van der Waals surface area contributed by atoms with Crippen molar-refractivity contribution in [2.75, 3.05) is 11.6 Å². The molecule has 0 aliphatic carbocycles. The number of nitrogens with zero attached hydrogens (tertiary/aromatic N) is 2. The summed E-state index contributed by atoms with van der Waals surface area (Å²) in [6.45, 7) is 0.352. The summed E-state index contributed by atoms with van der Waals surface area (Å²) in [5.41, 5.74) is 2.67. The molecule has 4 rings (SSSR count). The highest BCUT2D eigenvalue weighted by Gasteiger charge is 2.18. The first kappa shape index (κ1) is 23.7. The van der Waals surface area contributed by atoms with E-state index in [1.165, 1.54) is 12.1 Å². The van der Waals surface area contributed by atoms with E-state index in [1.807, 2.05) is 24.3 Å². The Morgan fingerprint density at radius 3 is 2.47 bits per heavy atom. The van der Waals surface area contributed by atoms with Crippen LogP contribution >= 0.6 is 11.6 Å². The number of phenols is 1. The van der Waals surface area contributed by atoms with Crippen molar-refractivity contribution >= 4 is 43.9 Å². The Morgan fingerprint density at radius 1 is 1.12 bits per heavy atom. The van der Waals surface area contributed by atoms with Crippen LogP contribution in [-0.4, -0.2) is 40.6 Å². The van der Waals surface area contributed by atoms with Crippen molar-refractivity contribution in [1.82, 2.24) is 9.78 Å². The summed E-state index contributed by atoms with van der Waals surface area (Å²) in [5.74, 6) is -0.564. The quantitative estimate of drug-likeness (QED) is 0.357. The van der Waals surface area contributed by atoms with Crippen LogP contribution in [-0.2, 0) is 34.2 Å². The Bertz CT molecular complexity index is 1460. The van der Waals surface area contributed by atoms with Crippen molar-refractivity contribution < 1.29 is 23.4 Å². The number of phenolic OH excluding ortho intramolecular Hbond substituents is 1. The molecule has 0 atom stereocenters. The van der Waals surface area contributed by atoms with Gasteiger partial charge in [-0.2, -0.15) is 5.10 Å². The van der Waals surface area contributed by atoms with Crippen molar-refractivity contribution in [3.8, 4) is 5.75 Å². The third-order valence-corrected chi connectivity index (χ3v) is 6.79. The van der Waals surface area contributed by atoms with Gasteiger partial charge in [0.2, 0.25) is 5.91 Å². The number of anilines is 1. The Hall–Kier alpha value is -3.40. The number of aromatic hydroxyl groups is 1. The number of aliphatic hydroxyl groups excluding tert-OH is 1. The van der Waals surface area contributed by atoms with Gasteiger partial charge in [-0.15, -0.1) is 0 Å². The van der Waals surface area contributed by atoms with Crippen LogP contribution in [0.4, 0.5) is 5.69 Å². The van der Waals surface area contributed by atoms with E-state index in [-0.39, 0.29) is 39.9 Å². The maximum atomic E-state index is 12.6. The molecule has 10 heteroatoms. The van der Waals surface area contributed by atoms with Crippen LogP contribution in [0.25, 0.3) is 10.9 Å². The highest BCUT2D eigenvalue weighted by molar-refractivity contribution is 7.91. The molecular weight excluding hydrogens is 478 g/mol. The van der Waals surface area contributed by atoms with Gasteiger partial charge in [0.15, 0.2) is 9.84 Å². The number of sulfone groups is 1. The van der Waals surface area contributed by atoms with Gasteiger partial charge < -0.3 is 15.5 Å². The van der Waals surface area contributed by atoms with Gasteiger partial charge in [0.05, 0.1) is 30.0 Å². The zero-order chi connectivity index (χ0) is 24.5. The van der Waals surface area contributed by atoms with Crippen LogP contribution in [0.1, 0.15) is 16.7 Å². The molecule has 0 saturated carbocycles. The van der Waals surface area contributed by atoms with Gasteiger partial charge >= 0.3 is 0 Å². The first-order valence-corrected chi connectivity index (χ1v) is 12.6. The molecule has 0 radical (unpaired) electrons. The summed E-state index contributed by atoms with van der Waals surface area (Å²) in [6.07, 6.45) is 2.56. The third kappa shape index (κ3) is 5.22. The fourth-order valence-electron chi connectivity index (χ4n) is 3.63. The second kappa shape index (κ2) is 9.46. The summed E-state index contributed by atoms with van der Waals surface area (Å²) in [5, 5.41) is 27.0. The van der Waals surface area contributed by atoms with Crippen LogP contribution < -0.4 is 5.32 Å². The summed E-state index contributed by atoms with van der Waals surface area (Å²) < 4.78 is 26.6. The zero-order valence-corrected chi connectivity index (χ0v) is 19.8. The molecule has 0 saturated heterocycles. The molecule has 8 nitrogen and oxygen atoms in total. The van der Waals surface area contributed by atoms with Gasteiger partial charge in [-0.05, 0) is 35.4 Å². The van der Waals surface area contributed by atoms with Crippen molar-refractivity contribution in [1.29, 1.82) is 0 Å². The number of halogens is 1. The van der Waals surface area contributed by atoms with Gasteiger partial charge in [-0.1, -0.05) is 41.9 Å². The fraction of sp³-hybridized carbons (Fsp3) is 0.167. The van der Waals surface area contributed by atoms with E-state index in [4.69, 9.17) is 11.6 Å². The molecule has 0 aliphatic heterocycles. The van der Waals surface area contributed by atoms with Gasteiger partial charge in [-0.25, -0.2) is 8.42 Å². The molecule has 34 heavy (non-hydrogen) atoms. The minimum Gasteiger partial charge on any atom is -0.508 e. The molecule has 0 unspecified atom stereocenters. The number of benzene rings is 3. The SMILES string of the molecule is CS(=O)(=O)c1cc(NC(=O)Cc2c(O)cccc2Cl)cc2nn(Cc3ccc(CO)cc3)cc12. The third-order valence-electron chi connectivity index (χ3n) is 5.30. The lowest BCUT2D eigenvalue weighted by Gasteiger charge is -2.10. The Balaban J connectivity index is 1.64. The number of fused-ring (bicyclic) bond motifs is 1. The van der Waals surface area contributed by atoms with Crippen LogP contribution in [0.2, 0.25) is 5.02 Å². The number of hydrogen-bond acceptors (Lipinski definition) is 6. The predicted molar refractivity (Wildman–Crippen MR) is 130 cm³/mol. The lowest BCUT2D eigenvalue weighted by molar-refractivity contribution is -0.115. The van der Waals surface area contributed by atoms with E-state index < -0.39 is 15.7 Å². The number of carbonyl (C=O) groups is 1. The normalized spacial score (nSPS) is 11.6. The van der Waals surface area contributed by atoms with Crippen LogP contribution in [0.5, 0.6) is 5.75 Å². The van der Waals surface area contributed by atoms with E-state index >= 15 is 0 Å². The predicted octanol–water partition coefficient (Wildman–Crippen LogP) is 3.52. The standard InChI is InChI=1S/C24H22ClN3O5S/c1-34(32,33)23-10-17(26-24(31)11-18-20(25)3-2-4-22(18)30)9-21-19(23)13-28(27-21)12-15-5-7-16(14-29)8-6-15/h2-10,13,29-30H,11-12,14H2,1H3,(H,26,31). The molecular formula is C24H22ClN3O5S. The van der Waals surface area contributed by atoms with E-state index in [9.17, 15) is 23.4 Å². The first-order chi connectivity index (χ1) is 16.1. The number of carbonyl (C=O) groups excluding carboxylic acids is 1. The average molecular weight is 500 g/mol. The van der Waals surface area contributed by atoms with E-state index in [0.29, 0.717) is 17.4 Å². The lowest BCUT2D eigenvalue weighted by Crippen LogP contribution is -2.15. The molecule has 0 bridgehead atoms. The van der Waals surface area contributed by atoms with E-state index in [1.54, 1.807) is 29.1 Å². The largest absolute Gasteiger partial charge is 0.508 e. The molecule has 3 N–H and O–H groups in total. The number of rotatable bonds is 7. The minimum atomic E-state index is -3.62. The molecule has 1 heterocycles. The molecule has 1 aromatic heterocycles. The summed E-state index contributed by atoms with van der Waals surface area (Å²) in [4.78, 5) is 12.7. The minimum absolute atomic E-state index is 0.0442. The maximum Gasteiger partial charge on any atom is 0.228 e. The molecule has 0 aliphatic rings. The maximum absolute atomic E-state index is 12.6. The summed E-state index contributed by atoms with van der Waals surface area (Å²) in [6, 6.07) is 14.9.